The van der Waals surface area contributed by atoms with Crippen LogP contribution in [0.1, 0.15) is 43.7 Å². The third-order valence-corrected chi connectivity index (χ3v) is 5.54. The van der Waals surface area contributed by atoms with Crippen LogP contribution in [0.5, 0.6) is 5.75 Å². The molecule has 0 bridgehead atoms. The molecular formula is C16H22BrNO2. The van der Waals surface area contributed by atoms with Crippen LogP contribution in [-0.4, -0.2) is 24.4 Å². The first kappa shape index (κ1) is 14.4. The van der Waals surface area contributed by atoms with E-state index in [0.717, 1.165) is 42.5 Å². The van der Waals surface area contributed by atoms with Crippen LogP contribution in [0.2, 0.25) is 0 Å². The molecule has 0 amide bonds. The Morgan fingerprint density at radius 1 is 1.35 bits per heavy atom. The van der Waals surface area contributed by atoms with Gasteiger partial charge in [0.05, 0.1) is 17.2 Å². The van der Waals surface area contributed by atoms with E-state index in [1.807, 2.05) is 6.07 Å². The Bertz CT molecular complexity index is 489. The molecule has 2 aliphatic rings. The van der Waals surface area contributed by atoms with E-state index in [9.17, 15) is 5.11 Å². The highest BCUT2D eigenvalue weighted by Gasteiger charge is 2.45. The van der Waals surface area contributed by atoms with Crippen LogP contribution in [0.4, 0.5) is 0 Å². The van der Waals surface area contributed by atoms with Crippen molar-refractivity contribution in [1.82, 2.24) is 5.32 Å². The van der Waals surface area contributed by atoms with Crippen LogP contribution in [0.15, 0.2) is 22.7 Å². The number of hydrogen-bond acceptors (Lipinski definition) is 3. The summed E-state index contributed by atoms with van der Waals surface area (Å²) >= 11 is 3.56. The molecule has 1 aliphatic carbocycles. The topological polar surface area (TPSA) is 41.5 Å². The van der Waals surface area contributed by atoms with Gasteiger partial charge in [-0.2, -0.15) is 0 Å². The molecule has 4 heteroatoms. The van der Waals surface area contributed by atoms with Crippen molar-refractivity contribution in [2.45, 2.75) is 43.7 Å². The van der Waals surface area contributed by atoms with Crippen molar-refractivity contribution in [2.24, 2.45) is 5.92 Å². The zero-order valence-electron chi connectivity index (χ0n) is 11.9. The first-order valence-electron chi connectivity index (χ1n) is 7.43. The number of halogens is 1. The lowest BCUT2D eigenvalue weighted by Gasteiger charge is -2.48. The minimum Gasteiger partial charge on any atom is -0.496 e. The number of piperidine rings is 1. The van der Waals surface area contributed by atoms with Gasteiger partial charge in [0, 0.05) is 12.0 Å². The summed E-state index contributed by atoms with van der Waals surface area (Å²) in [5.41, 5.74) is 0.767. The molecular weight excluding hydrogens is 318 g/mol. The van der Waals surface area contributed by atoms with Crippen LogP contribution in [0.3, 0.4) is 0 Å². The van der Waals surface area contributed by atoms with E-state index in [0.29, 0.717) is 5.92 Å². The Morgan fingerprint density at radius 2 is 2.20 bits per heavy atom. The minimum atomic E-state index is -0.472. The molecule has 0 radical (unpaired) electrons. The molecule has 2 fully saturated rings. The quantitative estimate of drug-likeness (QED) is 0.867. The Hall–Kier alpha value is -0.580. The summed E-state index contributed by atoms with van der Waals surface area (Å²) in [6.07, 6.45) is 5.32. The summed E-state index contributed by atoms with van der Waals surface area (Å²) in [6.45, 7) is 0.890. The SMILES string of the molecule is COc1ccc(C2NCCC3(O)CCCCC23)cc1Br. The molecule has 3 unspecified atom stereocenters. The van der Waals surface area contributed by atoms with Crippen LogP contribution < -0.4 is 10.1 Å². The zero-order chi connectivity index (χ0) is 14.2. The van der Waals surface area contributed by atoms with Crippen molar-refractivity contribution in [1.29, 1.82) is 0 Å². The maximum atomic E-state index is 10.9. The predicted octanol–water partition coefficient (Wildman–Crippen LogP) is 3.41. The normalized spacial score (nSPS) is 33.5. The van der Waals surface area contributed by atoms with E-state index >= 15 is 0 Å². The molecule has 1 aliphatic heterocycles. The Morgan fingerprint density at radius 3 is 2.95 bits per heavy atom. The second-order valence-electron chi connectivity index (χ2n) is 6.03. The average molecular weight is 340 g/mol. The number of nitrogens with one attached hydrogen (secondary N) is 1. The molecule has 1 saturated heterocycles. The van der Waals surface area contributed by atoms with Gasteiger partial charge in [-0.3, -0.25) is 0 Å². The number of aliphatic hydroxyl groups is 1. The number of rotatable bonds is 2. The van der Waals surface area contributed by atoms with E-state index in [1.54, 1.807) is 7.11 Å². The van der Waals surface area contributed by atoms with Gasteiger partial charge in [-0.15, -0.1) is 0 Å². The van der Waals surface area contributed by atoms with Crippen molar-refractivity contribution in [3.8, 4) is 5.75 Å². The van der Waals surface area contributed by atoms with Gasteiger partial charge in [0.2, 0.25) is 0 Å². The standard InChI is InChI=1S/C16H22BrNO2/c1-20-14-6-5-11(10-13(14)17)15-12-4-2-3-7-16(12,19)8-9-18-15/h5-6,10,12,15,18-19H,2-4,7-9H2,1H3. The third-order valence-electron chi connectivity index (χ3n) is 4.92. The minimum absolute atomic E-state index is 0.247. The van der Waals surface area contributed by atoms with Gasteiger partial charge in [-0.25, -0.2) is 0 Å². The number of hydrogen-bond donors (Lipinski definition) is 2. The molecule has 1 aromatic carbocycles. The van der Waals surface area contributed by atoms with E-state index in [-0.39, 0.29) is 6.04 Å². The van der Waals surface area contributed by atoms with E-state index in [1.165, 1.54) is 12.0 Å². The van der Waals surface area contributed by atoms with Crippen LogP contribution in [-0.2, 0) is 0 Å². The second-order valence-corrected chi connectivity index (χ2v) is 6.89. The van der Waals surface area contributed by atoms with Gasteiger partial charge in [-0.05, 0) is 59.4 Å². The Kier molecular flexibility index (Phi) is 4.07. The molecule has 0 aromatic heterocycles. The van der Waals surface area contributed by atoms with Gasteiger partial charge in [-0.1, -0.05) is 18.9 Å². The Balaban J connectivity index is 1.90. The van der Waals surface area contributed by atoms with E-state index < -0.39 is 5.60 Å². The van der Waals surface area contributed by atoms with Gasteiger partial charge < -0.3 is 15.2 Å². The van der Waals surface area contributed by atoms with Crippen molar-refractivity contribution in [3.63, 3.8) is 0 Å². The molecule has 1 aromatic rings. The highest BCUT2D eigenvalue weighted by molar-refractivity contribution is 9.10. The lowest BCUT2D eigenvalue weighted by atomic mass is 9.67. The molecule has 1 saturated carbocycles. The monoisotopic (exact) mass is 339 g/mol. The number of fused-ring (bicyclic) bond motifs is 1. The van der Waals surface area contributed by atoms with E-state index in [4.69, 9.17) is 4.74 Å². The van der Waals surface area contributed by atoms with Gasteiger partial charge in [0.1, 0.15) is 5.75 Å². The third kappa shape index (κ3) is 2.49. The highest BCUT2D eigenvalue weighted by atomic mass is 79.9. The first-order valence-corrected chi connectivity index (χ1v) is 8.22. The van der Waals surface area contributed by atoms with Crippen LogP contribution >= 0.6 is 15.9 Å². The maximum absolute atomic E-state index is 10.9. The number of benzene rings is 1. The van der Waals surface area contributed by atoms with Crippen molar-refractivity contribution in [2.75, 3.05) is 13.7 Å². The molecule has 0 spiro atoms. The van der Waals surface area contributed by atoms with Gasteiger partial charge in [0.15, 0.2) is 0 Å². The fourth-order valence-corrected chi connectivity index (χ4v) is 4.41. The molecule has 1 heterocycles. The molecule has 3 rings (SSSR count). The molecule has 3 nitrogen and oxygen atoms in total. The number of ether oxygens (including phenoxy) is 1. The lowest BCUT2D eigenvalue weighted by Crippen LogP contribution is -2.53. The van der Waals surface area contributed by atoms with Crippen molar-refractivity contribution >= 4 is 15.9 Å². The van der Waals surface area contributed by atoms with Crippen molar-refractivity contribution in [3.05, 3.63) is 28.2 Å². The predicted molar refractivity (Wildman–Crippen MR) is 83.0 cm³/mol. The lowest BCUT2D eigenvalue weighted by molar-refractivity contribution is -0.0861. The van der Waals surface area contributed by atoms with Crippen LogP contribution in [0.25, 0.3) is 0 Å². The van der Waals surface area contributed by atoms with Gasteiger partial charge in [0.25, 0.3) is 0 Å². The molecule has 2 N–H and O–H groups in total. The fourth-order valence-electron chi connectivity index (χ4n) is 3.85. The maximum Gasteiger partial charge on any atom is 0.133 e. The summed E-state index contributed by atoms with van der Waals surface area (Å²) in [5, 5.41) is 14.5. The van der Waals surface area contributed by atoms with E-state index in [2.05, 4.69) is 33.4 Å². The average Bonchev–Trinajstić information content (AvgIpc) is 2.45. The highest BCUT2D eigenvalue weighted by Crippen LogP contribution is 2.46. The Labute approximate surface area is 128 Å². The zero-order valence-corrected chi connectivity index (χ0v) is 13.4. The number of methoxy groups -OCH3 is 1. The summed E-state index contributed by atoms with van der Waals surface area (Å²) in [4.78, 5) is 0. The van der Waals surface area contributed by atoms with Crippen LogP contribution in [0, 0.1) is 5.92 Å². The summed E-state index contributed by atoms with van der Waals surface area (Å²) < 4.78 is 6.27. The summed E-state index contributed by atoms with van der Waals surface area (Å²) in [5.74, 6) is 1.17. The summed E-state index contributed by atoms with van der Waals surface area (Å²) in [6, 6.07) is 6.48. The molecule has 3 atom stereocenters. The second kappa shape index (κ2) is 5.66. The molecule has 110 valence electrons. The summed E-state index contributed by atoms with van der Waals surface area (Å²) in [7, 11) is 1.68. The smallest absolute Gasteiger partial charge is 0.133 e. The van der Waals surface area contributed by atoms with Gasteiger partial charge >= 0.3 is 0 Å². The largest absolute Gasteiger partial charge is 0.496 e. The van der Waals surface area contributed by atoms with Crippen molar-refractivity contribution < 1.29 is 9.84 Å². The molecule has 20 heavy (non-hydrogen) atoms. The first-order chi connectivity index (χ1) is 9.64. The fraction of sp³-hybridized carbons (Fsp3) is 0.625.